The van der Waals surface area contributed by atoms with Crippen LogP contribution in [0.2, 0.25) is 0 Å². The Kier molecular flexibility index (Phi) is 5.54. The van der Waals surface area contributed by atoms with Crippen LogP contribution in [0.5, 0.6) is 0 Å². The van der Waals surface area contributed by atoms with Crippen molar-refractivity contribution < 1.29 is 18.0 Å². The molecule has 5 rings (SSSR count). The highest BCUT2D eigenvalue weighted by Crippen LogP contribution is 2.35. The molecule has 3 fully saturated rings. The number of aryl methyl sites for hydroxylation is 1. The van der Waals surface area contributed by atoms with Crippen LogP contribution in [-0.4, -0.2) is 50.2 Å². The highest BCUT2D eigenvalue weighted by molar-refractivity contribution is 7.89. The summed E-state index contributed by atoms with van der Waals surface area (Å²) in [4.78, 5) is 27.2. The molecule has 1 aromatic carbocycles. The van der Waals surface area contributed by atoms with Gasteiger partial charge in [-0.2, -0.15) is 4.31 Å². The largest absolute Gasteiger partial charge is 0.353 e. The van der Waals surface area contributed by atoms with Gasteiger partial charge in [0.25, 0.3) is 0 Å². The summed E-state index contributed by atoms with van der Waals surface area (Å²) in [6.07, 6.45) is 7.93. The molecule has 7 nitrogen and oxygen atoms in total. The Labute approximate surface area is 184 Å². The quantitative estimate of drug-likeness (QED) is 0.754. The lowest BCUT2D eigenvalue weighted by Crippen LogP contribution is -2.43. The molecule has 1 saturated heterocycles. The zero-order valence-corrected chi connectivity index (χ0v) is 18.7. The predicted molar refractivity (Wildman–Crippen MR) is 117 cm³/mol. The van der Waals surface area contributed by atoms with Crippen molar-refractivity contribution in [3.8, 4) is 0 Å². The van der Waals surface area contributed by atoms with Gasteiger partial charge in [0.15, 0.2) is 0 Å². The monoisotopic (exact) mass is 445 g/mol. The van der Waals surface area contributed by atoms with Crippen molar-refractivity contribution in [3.05, 3.63) is 23.8 Å². The van der Waals surface area contributed by atoms with E-state index in [-0.39, 0.29) is 23.7 Å². The zero-order chi connectivity index (χ0) is 21.6. The van der Waals surface area contributed by atoms with Crippen molar-refractivity contribution in [1.29, 1.82) is 0 Å². The molecule has 8 heteroatoms. The van der Waals surface area contributed by atoms with Gasteiger partial charge in [0, 0.05) is 43.2 Å². The zero-order valence-electron chi connectivity index (χ0n) is 17.9. The molecule has 0 bridgehead atoms. The summed E-state index contributed by atoms with van der Waals surface area (Å²) < 4.78 is 28.0. The maximum Gasteiger partial charge on any atom is 0.243 e. The lowest BCUT2D eigenvalue weighted by atomic mass is 9.83. The topological polar surface area (TPSA) is 86.8 Å². The third-order valence-corrected chi connectivity index (χ3v) is 9.17. The maximum atomic E-state index is 13.3. The Balaban J connectivity index is 1.28. The number of rotatable bonds is 5. The number of carbonyl (C=O) groups excluding carboxylic acids is 2. The number of sulfonamides is 1. The van der Waals surface area contributed by atoms with Crippen molar-refractivity contribution in [2.24, 2.45) is 11.8 Å². The molecular formula is C23H31N3O4S. The second-order valence-electron chi connectivity index (χ2n) is 9.47. The summed E-state index contributed by atoms with van der Waals surface area (Å²) in [7, 11) is -3.60. The molecule has 2 heterocycles. The molecule has 2 saturated carbocycles. The second-order valence-corrected chi connectivity index (χ2v) is 11.4. The third kappa shape index (κ3) is 4.12. The Morgan fingerprint density at radius 3 is 2.29 bits per heavy atom. The molecular weight excluding hydrogens is 414 g/mol. The number of anilines is 1. The highest BCUT2D eigenvalue weighted by Gasteiger charge is 2.36. The standard InChI is InChI=1S/C23H31N3O4S/c27-22(24-19-6-7-19)16-10-13-25(14-11-16)31(29,30)20-8-9-21-18(15-20)5-2-12-26(21)23(28)17-3-1-4-17/h8-9,15-17,19H,1-7,10-14H2,(H,24,27). The molecule has 1 N–H and O–H groups in total. The van der Waals surface area contributed by atoms with E-state index >= 15 is 0 Å². The third-order valence-electron chi connectivity index (χ3n) is 7.28. The normalized spacial score (nSPS) is 23.2. The first-order chi connectivity index (χ1) is 14.9. The van der Waals surface area contributed by atoms with E-state index in [0.717, 1.165) is 56.2 Å². The van der Waals surface area contributed by atoms with Gasteiger partial charge >= 0.3 is 0 Å². The van der Waals surface area contributed by atoms with E-state index in [1.165, 1.54) is 4.31 Å². The van der Waals surface area contributed by atoms with Crippen LogP contribution in [0.3, 0.4) is 0 Å². The number of carbonyl (C=O) groups is 2. The summed E-state index contributed by atoms with van der Waals surface area (Å²) >= 11 is 0. The van der Waals surface area contributed by atoms with Crippen LogP contribution in [-0.2, 0) is 26.0 Å². The van der Waals surface area contributed by atoms with E-state index in [9.17, 15) is 18.0 Å². The summed E-state index contributed by atoms with van der Waals surface area (Å²) in [5, 5.41) is 3.03. The number of nitrogens with zero attached hydrogens (tertiary/aromatic N) is 2. The number of hydrogen-bond donors (Lipinski definition) is 1. The average molecular weight is 446 g/mol. The number of hydrogen-bond acceptors (Lipinski definition) is 4. The van der Waals surface area contributed by atoms with Gasteiger partial charge in [-0.05, 0) is 75.1 Å². The molecule has 0 unspecified atom stereocenters. The molecule has 2 aliphatic carbocycles. The van der Waals surface area contributed by atoms with Gasteiger partial charge in [0.1, 0.15) is 0 Å². The van der Waals surface area contributed by atoms with Gasteiger partial charge in [-0.15, -0.1) is 0 Å². The smallest absolute Gasteiger partial charge is 0.243 e. The molecule has 2 amide bonds. The molecule has 1 aromatic rings. The minimum absolute atomic E-state index is 0.0737. The van der Waals surface area contributed by atoms with Crippen LogP contribution >= 0.6 is 0 Å². The molecule has 0 radical (unpaired) electrons. The predicted octanol–water partition coefficient (Wildman–Crippen LogP) is 2.45. The van der Waals surface area contributed by atoms with Gasteiger partial charge in [0.2, 0.25) is 21.8 Å². The second kappa shape index (κ2) is 8.20. The van der Waals surface area contributed by atoms with Crippen molar-refractivity contribution in [2.45, 2.75) is 68.7 Å². The summed E-state index contributed by atoms with van der Waals surface area (Å²) in [5.74, 6) is 0.299. The fraction of sp³-hybridized carbons (Fsp3) is 0.652. The Hall–Kier alpha value is -1.93. The van der Waals surface area contributed by atoms with E-state index in [1.807, 2.05) is 11.0 Å². The first-order valence-corrected chi connectivity index (χ1v) is 13.1. The van der Waals surface area contributed by atoms with Crippen LogP contribution in [0.1, 0.15) is 56.9 Å². The van der Waals surface area contributed by atoms with Crippen molar-refractivity contribution >= 4 is 27.5 Å². The Morgan fingerprint density at radius 2 is 1.65 bits per heavy atom. The summed E-state index contributed by atoms with van der Waals surface area (Å²) in [6, 6.07) is 5.55. The van der Waals surface area contributed by atoms with E-state index in [4.69, 9.17) is 0 Å². The Bertz CT molecular complexity index is 977. The molecule has 31 heavy (non-hydrogen) atoms. The molecule has 2 aliphatic heterocycles. The SMILES string of the molecule is O=C(NC1CC1)C1CCN(S(=O)(=O)c2ccc3c(c2)CCCN3C(=O)C2CCC2)CC1. The van der Waals surface area contributed by atoms with E-state index in [0.29, 0.717) is 43.4 Å². The fourth-order valence-corrected chi connectivity index (χ4v) is 6.41. The van der Waals surface area contributed by atoms with Crippen LogP contribution in [0.4, 0.5) is 5.69 Å². The Morgan fingerprint density at radius 1 is 0.903 bits per heavy atom. The molecule has 4 aliphatic rings. The van der Waals surface area contributed by atoms with Crippen LogP contribution < -0.4 is 10.2 Å². The maximum absolute atomic E-state index is 13.3. The van der Waals surface area contributed by atoms with Crippen LogP contribution in [0.25, 0.3) is 0 Å². The molecule has 0 spiro atoms. The van der Waals surface area contributed by atoms with E-state index in [1.54, 1.807) is 12.1 Å². The molecule has 0 atom stereocenters. The number of amides is 2. The number of benzene rings is 1. The molecule has 0 aromatic heterocycles. The summed E-state index contributed by atoms with van der Waals surface area (Å²) in [5.41, 5.74) is 1.82. The minimum Gasteiger partial charge on any atom is -0.353 e. The lowest BCUT2D eigenvalue weighted by Gasteiger charge is -2.35. The van der Waals surface area contributed by atoms with Crippen molar-refractivity contribution in [1.82, 2.24) is 9.62 Å². The lowest BCUT2D eigenvalue weighted by molar-refractivity contribution is -0.126. The number of piperidine rings is 1. The number of fused-ring (bicyclic) bond motifs is 1. The van der Waals surface area contributed by atoms with Crippen LogP contribution in [0, 0.1) is 11.8 Å². The minimum atomic E-state index is -3.60. The van der Waals surface area contributed by atoms with Crippen molar-refractivity contribution in [3.63, 3.8) is 0 Å². The highest BCUT2D eigenvalue weighted by atomic mass is 32.2. The average Bonchev–Trinajstić information content (AvgIpc) is 3.55. The van der Waals surface area contributed by atoms with Crippen LogP contribution in [0.15, 0.2) is 23.1 Å². The summed E-state index contributed by atoms with van der Waals surface area (Å²) in [6.45, 7) is 1.45. The van der Waals surface area contributed by atoms with Gasteiger partial charge < -0.3 is 10.2 Å². The van der Waals surface area contributed by atoms with Crippen molar-refractivity contribution in [2.75, 3.05) is 24.5 Å². The van der Waals surface area contributed by atoms with Gasteiger partial charge in [0.05, 0.1) is 4.90 Å². The van der Waals surface area contributed by atoms with Gasteiger partial charge in [-0.1, -0.05) is 6.42 Å². The van der Waals surface area contributed by atoms with E-state index in [2.05, 4.69) is 5.32 Å². The van der Waals surface area contributed by atoms with Gasteiger partial charge in [-0.25, -0.2) is 8.42 Å². The molecule has 168 valence electrons. The number of nitrogens with one attached hydrogen (secondary N) is 1. The van der Waals surface area contributed by atoms with Gasteiger partial charge in [-0.3, -0.25) is 9.59 Å². The van der Waals surface area contributed by atoms with E-state index < -0.39 is 10.0 Å². The first-order valence-electron chi connectivity index (χ1n) is 11.7. The fourth-order valence-electron chi connectivity index (χ4n) is 4.89. The first kappa shape index (κ1) is 20.9.